The van der Waals surface area contributed by atoms with Gasteiger partial charge in [-0.05, 0) is 68.3 Å². The molecule has 2 saturated carbocycles. The molecule has 25 heavy (non-hydrogen) atoms. The second-order valence-electron chi connectivity index (χ2n) is 9.70. The third kappa shape index (κ3) is 5.69. The highest BCUT2D eigenvalue weighted by molar-refractivity contribution is 5.97. The fraction of sp³-hybridized carbons (Fsp3) is 0.708. The number of rotatable bonds is 5. The molecule has 0 spiro atoms. The van der Waals surface area contributed by atoms with Gasteiger partial charge < -0.3 is 0 Å². The molecular weight excluding hydrogens is 302 g/mol. The van der Waals surface area contributed by atoms with E-state index in [0.29, 0.717) is 17.3 Å². The molecule has 2 fully saturated rings. The summed E-state index contributed by atoms with van der Waals surface area (Å²) in [6.07, 6.45) is 13.6. The van der Waals surface area contributed by atoms with E-state index in [4.69, 9.17) is 0 Å². The molecule has 1 unspecified atom stereocenters. The molecule has 2 rings (SSSR count). The SMILES string of the molecule is C=C(C)/C=C\C(=NC)[C@H]1CCC[C@@H]2CCC(C(=C)CC(C)(C)C)C[C@@H]21. The van der Waals surface area contributed by atoms with E-state index in [1.165, 1.54) is 49.8 Å². The summed E-state index contributed by atoms with van der Waals surface area (Å²) in [6.45, 7) is 17.5. The number of nitrogens with zero attached hydrogens (tertiary/aromatic N) is 1. The zero-order valence-electron chi connectivity index (χ0n) is 17.3. The van der Waals surface area contributed by atoms with Crippen molar-refractivity contribution >= 4 is 5.71 Å². The second kappa shape index (κ2) is 8.52. The van der Waals surface area contributed by atoms with Crippen LogP contribution in [0.15, 0.2) is 41.4 Å². The lowest BCUT2D eigenvalue weighted by Gasteiger charge is -2.45. The minimum atomic E-state index is 0.347. The highest BCUT2D eigenvalue weighted by atomic mass is 14.7. The maximum Gasteiger partial charge on any atom is 0.0378 e. The number of aliphatic imine (C=N–C) groups is 1. The van der Waals surface area contributed by atoms with Gasteiger partial charge >= 0.3 is 0 Å². The van der Waals surface area contributed by atoms with Crippen molar-refractivity contribution in [3.05, 3.63) is 36.5 Å². The van der Waals surface area contributed by atoms with Crippen LogP contribution in [0, 0.1) is 29.1 Å². The smallest absolute Gasteiger partial charge is 0.0378 e. The normalized spacial score (nSPS) is 31.0. The van der Waals surface area contributed by atoms with E-state index >= 15 is 0 Å². The zero-order chi connectivity index (χ0) is 18.6. The van der Waals surface area contributed by atoms with Crippen LogP contribution in [0.2, 0.25) is 0 Å². The Balaban J connectivity index is 2.13. The lowest BCUT2D eigenvalue weighted by molar-refractivity contribution is 0.112. The van der Waals surface area contributed by atoms with Crippen LogP contribution in [0.5, 0.6) is 0 Å². The van der Waals surface area contributed by atoms with Crippen molar-refractivity contribution in [2.45, 2.75) is 72.6 Å². The Kier molecular flexibility index (Phi) is 6.88. The summed E-state index contributed by atoms with van der Waals surface area (Å²) in [6, 6.07) is 0. The van der Waals surface area contributed by atoms with Crippen molar-refractivity contribution in [1.82, 2.24) is 0 Å². The highest BCUT2D eigenvalue weighted by Gasteiger charge is 2.40. The van der Waals surface area contributed by atoms with Crippen molar-refractivity contribution in [1.29, 1.82) is 0 Å². The van der Waals surface area contributed by atoms with E-state index < -0.39 is 0 Å². The zero-order valence-corrected chi connectivity index (χ0v) is 17.3. The van der Waals surface area contributed by atoms with Crippen molar-refractivity contribution < 1.29 is 0 Å². The van der Waals surface area contributed by atoms with Crippen LogP contribution in [0.1, 0.15) is 72.6 Å². The fourth-order valence-electron chi connectivity index (χ4n) is 5.09. The Morgan fingerprint density at radius 1 is 1.08 bits per heavy atom. The van der Waals surface area contributed by atoms with Gasteiger partial charge in [-0.1, -0.05) is 64.0 Å². The molecule has 0 bridgehead atoms. The van der Waals surface area contributed by atoms with Crippen LogP contribution in [0.3, 0.4) is 0 Å². The number of fused-ring (bicyclic) bond motifs is 1. The lowest BCUT2D eigenvalue weighted by Crippen LogP contribution is -2.38. The summed E-state index contributed by atoms with van der Waals surface area (Å²) in [5, 5.41) is 0. The van der Waals surface area contributed by atoms with E-state index in [9.17, 15) is 0 Å². The van der Waals surface area contributed by atoms with Crippen LogP contribution in [0.4, 0.5) is 0 Å². The van der Waals surface area contributed by atoms with Gasteiger partial charge in [0.05, 0.1) is 0 Å². The third-order valence-corrected chi connectivity index (χ3v) is 6.17. The Morgan fingerprint density at radius 3 is 2.40 bits per heavy atom. The first-order chi connectivity index (χ1) is 11.7. The molecule has 0 radical (unpaired) electrons. The quantitative estimate of drug-likeness (QED) is 0.289. The molecule has 2 aliphatic rings. The van der Waals surface area contributed by atoms with Gasteiger partial charge in [-0.3, -0.25) is 4.99 Å². The highest BCUT2D eigenvalue weighted by Crippen LogP contribution is 2.48. The molecule has 1 nitrogen and oxygen atoms in total. The summed E-state index contributed by atoms with van der Waals surface area (Å²) in [7, 11) is 1.96. The first kappa shape index (κ1) is 20.2. The molecule has 0 aromatic heterocycles. The lowest BCUT2D eigenvalue weighted by atomic mass is 9.60. The van der Waals surface area contributed by atoms with Gasteiger partial charge in [0.1, 0.15) is 0 Å². The standard InChI is InChI=1S/C24H39N/c1-17(2)11-14-23(25-7)21-10-8-9-19-12-13-20(15-22(19)21)18(3)16-24(4,5)6/h11,14,19-22H,1,3,8-10,12-13,15-16H2,2,4-7H3/b14-11-,25-23?/t19-,20?,21+,22+/m1/s1. The van der Waals surface area contributed by atoms with Crippen LogP contribution in [0.25, 0.3) is 0 Å². The van der Waals surface area contributed by atoms with Crippen molar-refractivity contribution in [3.8, 4) is 0 Å². The van der Waals surface area contributed by atoms with Gasteiger partial charge in [-0.25, -0.2) is 0 Å². The Hall–Kier alpha value is -1.11. The molecule has 0 N–H and O–H groups in total. The Labute approximate surface area is 156 Å². The van der Waals surface area contributed by atoms with Gasteiger partial charge in [0, 0.05) is 18.7 Å². The second-order valence-corrected chi connectivity index (χ2v) is 9.70. The van der Waals surface area contributed by atoms with Crippen molar-refractivity contribution in [2.75, 3.05) is 7.05 Å². The number of allylic oxidation sites excluding steroid dienone is 4. The van der Waals surface area contributed by atoms with Gasteiger partial charge in [-0.2, -0.15) is 0 Å². The summed E-state index contributed by atoms with van der Waals surface area (Å²) in [5.74, 6) is 3.03. The van der Waals surface area contributed by atoms with Gasteiger partial charge in [0.25, 0.3) is 0 Å². The van der Waals surface area contributed by atoms with Crippen LogP contribution in [-0.2, 0) is 0 Å². The third-order valence-electron chi connectivity index (χ3n) is 6.17. The average Bonchev–Trinajstić information content (AvgIpc) is 2.53. The van der Waals surface area contributed by atoms with E-state index in [0.717, 1.165) is 23.8 Å². The molecule has 0 heterocycles. The number of hydrogen-bond acceptors (Lipinski definition) is 1. The molecule has 0 aromatic rings. The minimum absolute atomic E-state index is 0.347. The predicted molar refractivity (Wildman–Crippen MR) is 112 cm³/mol. The minimum Gasteiger partial charge on any atom is -0.293 e. The molecule has 0 amide bonds. The summed E-state index contributed by atoms with van der Waals surface area (Å²) in [4.78, 5) is 4.67. The van der Waals surface area contributed by atoms with E-state index in [1.807, 2.05) is 7.05 Å². The molecular formula is C24H39N. The molecule has 140 valence electrons. The summed E-state index contributed by atoms with van der Waals surface area (Å²) >= 11 is 0. The molecule has 0 aromatic carbocycles. The molecule has 1 heteroatoms. The van der Waals surface area contributed by atoms with Crippen molar-refractivity contribution in [2.24, 2.45) is 34.1 Å². The van der Waals surface area contributed by atoms with Crippen LogP contribution < -0.4 is 0 Å². The monoisotopic (exact) mass is 341 g/mol. The largest absolute Gasteiger partial charge is 0.293 e. The van der Waals surface area contributed by atoms with E-state index in [-0.39, 0.29) is 0 Å². The van der Waals surface area contributed by atoms with Crippen LogP contribution in [-0.4, -0.2) is 12.8 Å². The first-order valence-electron chi connectivity index (χ1n) is 10.2. The maximum atomic E-state index is 4.67. The fourth-order valence-corrected chi connectivity index (χ4v) is 5.09. The number of hydrogen-bond donors (Lipinski definition) is 0. The molecule has 2 aliphatic carbocycles. The summed E-state index contributed by atoms with van der Waals surface area (Å²) < 4.78 is 0. The summed E-state index contributed by atoms with van der Waals surface area (Å²) in [5.41, 5.74) is 4.23. The van der Waals surface area contributed by atoms with E-state index in [1.54, 1.807) is 0 Å². The van der Waals surface area contributed by atoms with Gasteiger partial charge in [0.15, 0.2) is 0 Å². The molecule has 0 aliphatic heterocycles. The maximum absolute atomic E-state index is 4.67. The van der Waals surface area contributed by atoms with E-state index in [2.05, 4.69) is 58.0 Å². The Morgan fingerprint density at radius 2 is 1.80 bits per heavy atom. The average molecular weight is 342 g/mol. The molecule has 0 saturated heterocycles. The first-order valence-corrected chi connectivity index (χ1v) is 10.2. The topological polar surface area (TPSA) is 12.4 Å². The Bertz CT molecular complexity index is 543. The predicted octanol–water partition coefficient (Wildman–Crippen LogP) is 7.01. The van der Waals surface area contributed by atoms with Gasteiger partial charge in [0.2, 0.25) is 0 Å². The van der Waals surface area contributed by atoms with Gasteiger partial charge in [-0.15, -0.1) is 0 Å². The van der Waals surface area contributed by atoms with Crippen molar-refractivity contribution in [3.63, 3.8) is 0 Å². The van der Waals surface area contributed by atoms with Crippen LogP contribution >= 0.6 is 0 Å². The molecule has 4 atom stereocenters.